The smallest absolute Gasteiger partial charge is 0.251 e. The minimum absolute atomic E-state index is 0.0937. The fraction of sp³-hybridized carbons (Fsp3) is 0.296. The summed E-state index contributed by atoms with van der Waals surface area (Å²) < 4.78 is 0. The number of allylic oxidation sites excluding steroid dienone is 1. The molecular formula is C27H29ClN4O2S. The number of amides is 2. The second-order valence-electron chi connectivity index (χ2n) is 9.59. The van der Waals surface area contributed by atoms with Gasteiger partial charge >= 0.3 is 0 Å². The van der Waals surface area contributed by atoms with Crippen molar-refractivity contribution in [3.8, 4) is 0 Å². The van der Waals surface area contributed by atoms with E-state index in [1.807, 2.05) is 92.6 Å². The van der Waals surface area contributed by atoms with Gasteiger partial charge in [-0.3, -0.25) is 9.59 Å². The number of nitrogens with one attached hydrogen (secondary N) is 2. The lowest BCUT2D eigenvalue weighted by atomic mass is 9.92. The van der Waals surface area contributed by atoms with Crippen molar-refractivity contribution in [2.75, 3.05) is 0 Å². The van der Waals surface area contributed by atoms with Gasteiger partial charge in [0.05, 0.1) is 23.7 Å². The van der Waals surface area contributed by atoms with E-state index in [1.54, 1.807) is 0 Å². The standard InChI is InChI=1S/C27H29ClN4O2S/c1-17-23(25(34)31-27(2,3)4)24(19-10-12-20(28)13-11-19)32-21(16-35-26(32)30-17)14-22(33)29-15-18-8-6-5-7-9-18/h5-13,16,24H,14-15H2,1-4H3,(H,29,33)(H,31,34). The molecule has 0 radical (unpaired) electrons. The Morgan fingerprint density at radius 3 is 2.43 bits per heavy atom. The van der Waals surface area contributed by atoms with Crippen LogP contribution in [0.4, 0.5) is 0 Å². The molecule has 0 saturated carbocycles. The van der Waals surface area contributed by atoms with Gasteiger partial charge in [0, 0.05) is 22.8 Å². The van der Waals surface area contributed by atoms with E-state index in [4.69, 9.17) is 16.6 Å². The number of halogens is 1. The van der Waals surface area contributed by atoms with Gasteiger partial charge < -0.3 is 15.5 Å². The molecule has 2 aromatic carbocycles. The van der Waals surface area contributed by atoms with Crippen molar-refractivity contribution in [3.05, 3.63) is 93.1 Å². The number of carbonyl (C=O) groups is 2. The summed E-state index contributed by atoms with van der Waals surface area (Å²) in [5.74, 6) is -0.272. The monoisotopic (exact) mass is 508 g/mol. The third-order valence-electron chi connectivity index (χ3n) is 5.59. The highest BCUT2D eigenvalue weighted by Gasteiger charge is 2.41. The van der Waals surface area contributed by atoms with Crippen LogP contribution < -0.4 is 10.6 Å². The summed E-state index contributed by atoms with van der Waals surface area (Å²) in [6.07, 6.45) is 0.177. The predicted octanol–water partition coefficient (Wildman–Crippen LogP) is 5.54. The molecule has 0 aromatic heterocycles. The molecule has 2 aliphatic heterocycles. The molecule has 2 amide bonds. The summed E-state index contributed by atoms with van der Waals surface area (Å²) in [5, 5.41) is 9.39. The molecule has 35 heavy (non-hydrogen) atoms. The van der Waals surface area contributed by atoms with Gasteiger partial charge in [0.2, 0.25) is 5.91 Å². The highest BCUT2D eigenvalue weighted by Crippen LogP contribution is 2.44. The summed E-state index contributed by atoms with van der Waals surface area (Å²) in [6, 6.07) is 16.8. The Labute approximate surface area is 215 Å². The van der Waals surface area contributed by atoms with Crippen molar-refractivity contribution >= 4 is 40.3 Å². The minimum atomic E-state index is -0.426. The Bertz CT molecular complexity index is 1210. The fourth-order valence-electron chi connectivity index (χ4n) is 4.05. The number of thioether (sulfide) groups is 1. The first kappa shape index (κ1) is 25.1. The van der Waals surface area contributed by atoms with Crippen LogP contribution in [0.15, 0.2) is 82.0 Å². The quantitative estimate of drug-likeness (QED) is 0.537. The molecule has 0 bridgehead atoms. The van der Waals surface area contributed by atoms with Crippen molar-refractivity contribution in [2.45, 2.75) is 52.2 Å². The number of aliphatic imine (C=N–C) groups is 1. The minimum Gasteiger partial charge on any atom is -0.352 e. The maximum Gasteiger partial charge on any atom is 0.251 e. The highest BCUT2D eigenvalue weighted by atomic mass is 35.5. The molecule has 2 aromatic rings. The van der Waals surface area contributed by atoms with Gasteiger partial charge in [0.15, 0.2) is 5.17 Å². The SMILES string of the molecule is CC1=C(C(=O)NC(C)(C)C)C(c2ccc(Cl)cc2)N2C(CC(=O)NCc3ccccc3)=CSC2=N1. The molecule has 182 valence electrons. The van der Waals surface area contributed by atoms with Crippen LogP contribution in [0, 0.1) is 0 Å². The average Bonchev–Trinajstić information content (AvgIpc) is 3.18. The molecule has 0 saturated heterocycles. The van der Waals surface area contributed by atoms with E-state index in [1.165, 1.54) is 11.8 Å². The first-order valence-electron chi connectivity index (χ1n) is 11.5. The number of hydrogen-bond acceptors (Lipinski definition) is 5. The van der Waals surface area contributed by atoms with E-state index in [0.717, 1.165) is 22.0 Å². The van der Waals surface area contributed by atoms with E-state index < -0.39 is 11.6 Å². The second-order valence-corrected chi connectivity index (χ2v) is 10.9. The molecule has 8 heteroatoms. The van der Waals surface area contributed by atoms with Crippen LogP contribution in [0.3, 0.4) is 0 Å². The zero-order valence-electron chi connectivity index (χ0n) is 20.3. The van der Waals surface area contributed by atoms with Gasteiger partial charge in [0.25, 0.3) is 5.91 Å². The summed E-state index contributed by atoms with van der Waals surface area (Å²) in [4.78, 5) is 33.1. The topological polar surface area (TPSA) is 73.8 Å². The summed E-state index contributed by atoms with van der Waals surface area (Å²) in [5.41, 5.74) is 3.55. The van der Waals surface area contributed by atoms with Crippen molar-refractivity contribution < 1.29 is 9.59 Å². The van der Waals surface area contributed by atoms with E-state index in [-0.39, 0.29) is 18.2 Å². The Kier molecular flexibility index (Phi) is 7.38. The molecule has 1 atom stereocenters. The second kappa shape index (κ2) is 10.3. The molecule has 2 aliphatic rings. The zero-order chi connectivity index (χ0) is 25.2. The van der Waals surface area contributed by atoms with Gasteiger partial charge in [-0.15, -0.1) is 0 Å². The maximum absolute atomic E-state index is 13.5. The van der Waals surface area contributed by atoms with Gasteiger partial charge in [-0.2, -0.15) is 0 Å². The first-order valence-corrected chi connectivity index (χ1v) is 12.7. The van der Waals surface area contributed by atoms with E-state index >= 15 is 0 Å². The molecule has 1 unspecified atom stereocenters. The van der Waals surface area contributed by atoms with Crippen molar-refractivity contribution in [3.63, 3.8) is 0 Å². The third-order valence-corrected chi connectivity index (χ3v) is 6.73. The number of amidine groups is 1. The molecule has 0 fully saturated rings. The number of hydrogen-bond donors (Lipinski definition) is 2. The number of nitrogens with zero attached hydrogens (tertiary/aromatic N) is 2. The molecular weight excluding hydrogens is 480 g/mol. The normalized spacial score (nSPS) is 17.5. The molecule has 2 N–H and O–H groups in total. The lowest BCUT2D eigenvalue weighted by molar-refractivity contribution is -0.120. The Morgan fingerprint density at radius 2 is 1.77 bits per heavy atom. The maximum atomic E-state index is 13.5. The number of benzene rings is 2. The summed E-state index contributed by atoms with van der Waals surface area (Å²) >= 11 is 7.63. The van der Waals surface area contributed by atoms with Crippen molar-refractivity contribution in [2.24, 2.45) is 4.99 Å². The van der Waals surface area contributed by atoms with E-state index in [9.17, 15) is 9.59 Å². The Hall–Kier alpha value is -3.03. The Balaban J connectivity index is 1.62. The van der Waals surface area contributed by atoms with E-state index in [0.29, 0.717) is 22.8 Å². The zero-order valence-corrected chi connectivity index (χ0v) is 21.8. The Morgan fingerprint density at radius 1 is 1.09 bits per heavy atom. The van der Waals surface area contributed by atoms with Crippen molar-refractivity contribution in [1.82, 2.24) is 15.5 Å². The van der Waals surface area contributed by atoms with Crippen LogP contribution >= 0.6 is 23.4 Å². The number of carbonyl (C=O) groups excluding carboxylic acids is 2. The third kappa shape index (κ3) is 5.97. The number of rotatable bonds is 6. The summed E-state index contributed by atoms with van der Waals surface area (Å²) in [6.45, 7) is 8.16. The molecule has 0 spiro atoms. The number of fused-ring (bicyclic) bond motifs is 1. The van der Waals surface area contributed by atoms with Crippen LogP contribution in [0.25, 0.3) is 0 Å². The van der Waals surface area contributed by atoms with Crippen LogP contribution in [0.2, 0.25) is 5.02 Å². The predicted molar refractivity (Wildman–Crippen MR) is 143 cm³/mol. The van der Waals surface area contributed by atoms with Crippen molar-refractivity contribution in [1.29, 1.82) is 0 Å². The van der Waals surface area contributed by atoms with Gasteiger partial charge in [-0.1, -0.05) is 65.8 Å². The van der Waals surface area contributed by atoms with Gasteiger partial charge in [0.1, 0.15) is 0 Å². The van der Waals surface area contributed by atoms with Crippen LogP contribution in [0.1, 0.15) is 51.3 Å². The van der Waals surface area contributed by atoms with Gasteiger partial charge in [-0.25, -0.2) is 4.99 Å². The summed E-state index contributed by atoms with van der Waals surface area (Å²) in [7, 11) is 0. The molecule has 2 heterocycles. The fourth-order valence-corrected chi connectivity index (χ4v) is 5.14. The van der Waals surface area contributed by atoms with Crippen LogP contribution in [-0.2, 0) is 16.1 Å². The van der Waals surface area contributed by atoms with Gasteiger partial charge in [-0.05, 0) is 56.4 Å². The molecule has 4 rings (SSSR count). The molecule has 0 aliphatic carbocycles. The lowest BCUT2D eigenvalue weighted by Gasteiger charge is -2.37. The van der Waals surface area contributed by atoms with Crippen LogP contribution in [-0.4, -0.2) is 27.4 Å². The first-order chi connectivity index (χ1) is 16.6. The average molecular weight is 509 g/mol. The van der Waals surface area contributed by atoms with Crippen LogP contribution in [0.5, 0.6) is 0 Å². The van der Waals surface area contributed by atoms with E-state index in [2.05, 4.69) is 10.6 Å². The molecule has 6 nitrogen and oxygen atoms in total. The largest absolute Gasteiger partial charge is 0.352 e. The lowest BCUT2D eigenvalue weighted by Crippen LogP contribution is -2.45. The highest BCUT2D eigenvalue weighted by molar-refractivity contribution is 8.16.